The molecule has 0 aromatic carbocycles. The number of cyclic esters (lactones) is 1. The Kier molecular flexibility index (Phi) is 17.3. The summed E-state index contributed by atoms with van der Waals surface area (Å²) in [4.78, 5) is 82.5. The Bertz CT molecular complexity index is 1100. The number of hydrogen-bond donors (Lipinski definition) is 6. The average Bonchev–Trinajstić information content (AvgIpc) is 3.05. The third-order valence-corrected chi connectivity index (χ3v) is 9.42. The predicted molar refractivity (Wildman–Crippen MR) is 180 cm³/mol. The van der Waals surface area contributed by atoms with E-state index in [0.717, 1.165) is 38.5 Å². The molecule has 1 aliphatic carbocycles. The summed E-state index contributed by atoms with van der Waals surface area (Å²) in [5.41, 5.74) is 5.88. The summed E-state index contributed by atoms with van der Waals surface area (Å²) >= 11 is 0. The first-order chi connectivity index (χ1) is 22.7. The molecular weight excluding hydrogens is 620 g/mol. The minimum atomic E-state index is -1.47. The number of carbonyl (C=O) groups excluding carboxylic acids is 6. The smallest absolute Gasteiger partial charge is 0.325 e. The second-order valence-electron chi connectivity index (χ2n) is 13.9. The maximum atomic E-state index is 14.0. The Hall–Kier alpha value is -3.26. The number of esters is 1. The van der Waals surface area contributed by atoms with Crippen molar-refractivity contribution in [1.29, 1.82) is 0 Å². The summed E-state index contributed by atoms with van der Waals surface area (Å²) in [6, 6.07) is -4.67. The Balaban J connectivity index is 2.56. The largest absolute Gasteiger partial charge is 0.460 e. The molecule has 0 spiro atoms. The molecule has 0 aromatic rings. The molecule has 1 heterocycles. The van der Waals surface area contributed by atoms with E-state index in [0.29, 0.717) is 32.1 Å². The van der Waals surface area contributed by atoms with Crippen LogP contribution in [0, 0.1) is 17.8 Å². The number of nitrogens with one attached hydrogen (secondary N) is 4. The van der Waals surface area contributed by atoms with Crippen molar-refractivity contribution in [1.82, 2.24) is 26.2 Å². The third kappa shape index (κ3) is 12.3. The van der Waals surface area contributed by atoms with E-state index in [2.05, 4.69) is 28.2 Å². The van der Waals surface area contributed by atoms with Gasteiger partial charge in [-0.3, -0.25) is 28.8 Å². The van der Waals surface area contributed by atoms with Crippen molar-refractivity contribution < 1.29 is 38.6 Å². The van der Waals surface area contributed by atoms with Crippen LogP contribution < -0.4 is 27.0 Å². The van der Waals surface area contributed by atoms with Crippen LogP contribution in [0.5, 0.6) is 0 Å². The fourth-order valence-electron chi connectivity index (χ4n) is 6.45. The fraction of sp³-hybridized carbons (Fsp3) is 0.824. The Labute approximate surface area is 285 Å². The minimum Gasteiger partial charge on any atom is -0.460 e. The van der Waals surface area contributed by atoms with Crippen molar-refractivity contribution in [3.63, 3.8) is 0 Å². The van der Waals surface area contributed by atoms with E-state index in [9.17, 15) is 33.9 Å². The first kappa shape index (κ1) is 40.9. The molecule has 14 nitrogen and oxygen atoms in total. The van der Waals surface area contributed by atoms with Crippen LogP contribution in [0.4, 0.5) is 0 Å². The van der Waals surface area contributed by atoms with Crippen LogP contribution in [-0.4, -0.2) is 102 Å². The third-order valence-electron chi connectivity index (χ3n) is 9.42. The average molecular weight is 681 g/mol. The number of nitrogens with zero attached hydrogens (tertiary/aromatic N) is 1. The molecule has 48 heavy (non-hydrogen) atoms. The van der Waals surface area contributed by atoms with Gasteiger partial charge >= 0.3 is 5.97 Å². The number of aliphatic hydroxyl groups excluding tert-OH is 1. The van der Waals surface area contributed by atoms with Gasteiger partial charge in [-0.15, -0.1) is 0 Å². The van der Waals surface area contributed by atoms with E-state index in [1.54, 1.807) is 14.0 Å². The molecule has 2 rings (SSSR count). The van der Waals surface area contributed by atoms with E-state index in [1.807, 2.05) is 13.8 Å². The van der Waals surface area contributed by atoms with Gasteiger partial charge in [-0.25, -0.2) is 0 Å². The van der Waals surface area contributed by atoms with Gasteiger partial charge in [0.15, 0.2) is 0 Å². The highest BCUT2D eigenvalue weighted by Gasteiger charge is 2.39. The monoisotopic (exact) mass is 680 g/mol. The van der Waals surface area contributed by atoms with Gasteiger partial charge in [0.1, 0.15) is 36.8 Å². The topological polar surface area (TPSA) is 209 Å². The van der Waals surface area contributed by atoms with Crippen molar-refractivity contribution in [3.05, 3.63) is 0 Å². The first-order valence-electron chi connectivity index (χ1n) is 17.7. The van der Waals surface area contributed by atoms with Crippen molar-refractivity contribution >= 4 is 35.5 Å². The van der Waals surface area contributed by atoms with E-state index in [4.69, 9.17) is 10.5 Å². The quantitative estimate of drug-likeness (QED) is 0.143. The lowest BCUT2D eigenvalue weighted by Crippen LogP contribution is -2.62. The van der Waals surface area contributed by atoms with E-state index in [-0.39, 0.29) is 18.4 Å². The van der Waals surface area contributed by atoms with Gasteiger partial charge in [-0.1, -0.05) is 66.2 Å². The Morgan fingerprint density at radius 1 is 0.896 bits per heavy atom. The van der Waals surface area contributed by atoms with Crippen molar-refractivity contribution in [2.45, 2.75) is 142 Å². The van der Waals surface area contributed by atoms with Gasteiger partial charge < -0.3 is 41.7 Å². The Morgan fingerprint density at radius 3 is 2.15 bits per heavy atom. The standard InChI is InChI=1S/C34H60N6O8/c1-7-8-9-13-16-26-21(4)34(47)40(6)25(17-20(2)3)31(44)39-29(23-14-11-10-12-15-23)33(46)37-24(18-35)30(43)38-28(22(5)41)32(45)36-19-27(42)48-26/h20-26,28-29,41H,7-19,35H2,1-6H3,(H,36,45)(H,37,46)(H,38,43)(H,39,44)/t21-,22+,24+,25+,26-,28+,29?/m1/s1. The molecule has 0 aromatic heterocycles. The van der Waals surface area contributed by atoms with Gasteiger partial charge in [-0.05, 0) is 50.9 Å². The normalized spacial score (nSPS) is 28.7. The van der Waals surface area contributed by atoms with E-state index in [1.165, 1.54) is 11.8 Å². The zero-order chi connectivity index (χ0) is 36.0. The number of likely N-dealkylation sites (N-methyl/N-ethyl adjacent to an activating group) is 1. The number of rotatable bonds is 10. The van der Waals surface area contributed by atoms with Crippen LogP contribution in [0.1, 0.15) is 105 Å². The second kappa shape index (κ2) is 20.3. The van der Waals surface area contributed by atoms with Crippen LogP contribution in [-0.2, 0) is 33.5 Å². The lowest BCUT2D eigenvalue weighted by atomic mass is 9.83. The van der Waals surface area contributed by atoms with Gasteiger partial charge in [0, 0.05) is 13.6 Å². The first-order valence-corrected chi connectivity index (χ1v) is 17.7. The molecule has 2 aliphatic rings. The van der Waals surface area contributed by atoms with Crippen molar-refractivity contribution in [2.75, 3.05) is 20.1 Å². The summed E-state index contributed by atoms with van der Waals surface area (Å²) in [6.45, 7) is 8.01. The maximum absolute atomic E-state index is 14.0. The molecule has 0 bridgehead atoms. The zero-order valence-electron chi connectivity index (χ0n) is 29.7. The van der Waals surface area contributed by atoms with Crippen LogP contribution in [0.3, 0.4) is 0 Å². The highest BCUT2D eigenvalue weighted by molar-refractivity contribution is 5.96. The molecule has 7 N–H and O–H groups in total. The molecule has 1 saturated carbocycles. The molecule has 5 amide bonds. The fourth-order valence-corrected chi connectivity index (χ4v) is 6.45. The summed E-state index contributed by atoms with van der Waals surface area (Å²) in [5, 5.41) is 20.7. The number of nitrogens with two attached hydrogens (primary N) is 1. The van der Waals surface area contributed by atoms with Gasteiger partial charge in [0.05, 0.1) is 12.0 Å². The van der Waals surface area contributed by atoms with Crippen LogP contribution in [0.15, 0.2) is 0 Å². The summed E-state index contributed by atoms with van der Waals surface area (Å²) in [7, 11) is 1.55. The van der Waals surface area contributed by atoms with Gasteiger partial charge in [-0.2, -0.15) is 0 Å². The molecule has 2 fully saturated rings. The number of carbonyl (C=O) groups is 6. The Morgan fingerprint density at radius 2 is 1.56 bits per heavy atom. The lowest BCUT2D eigenvalue weighted by molar-refractivity contribution is -0.157. The van der Waals surface area contributed by atoms with Crippen LogP contribution in [0.2, 0.25) is 0 Å². The number of ether oxygens (including phenoxy) is 1. The SMILES string of the molecule is CCCCCC[C@H]1OC(=O)CNC(=O)[C@H]([C@H](C)O)NC(=O)[C@H](CN)NC(=O)C(C2CCCCC2)NC(=O)[C@H](CC(C)C)N(C)C(=O)[C@@H]1C. The van der Waals surface area contributed by atoms with Crippen molar-refractivity contribution in [3.8, 4) is 0 Å². The number of amides is 5. The molecule has 0 radical (unpaired) electrons. The number of unbranched alkanes of at least 4 members (excludes halogenated alkanes) is 3. The maximum Gasteiger partial charge on any atom is 0.325 e. The summed E-state index contributed by atoms with van der Waals surface area (Å²) < 4.78 is 5.76. The molecule has 14 heteroatoms. The van der Waals surface area contributed by atoms with Gasteiger partial charge in [0.25, 0.3) is 0 Å². The predicted octanol–water partition coefficient (Wildman–Crippen LogP) is 0.882. The summed E-state index contributed by atoms with van der Waals surface area (Å²) in [6.07, 6.45) is 6.21. The lowest BCUT2D eigenvalue weighted by Gasteiger charge is -2.36. The molecule has 274 valence electrons. The highest BCUT2D eigenvalue weighted by Crippen LogP contribution is 2.28. The van der Waals surface area contributed by atoms with Gasteiger partial charge in [0.2, 0.25) is 29.5 Å². The highest BCUT2D eigenvalue weighted by atomic mass is 16.5. The van der Waals surface area contributed by atoms with Crippen LogP contribution in [0.25, 0.3) is 0 Å². The van der Waals surface area contributed by atoms with Crippen molar-refractivity contribution in [2.24, 2.45) is 23.5 Å². The van der Waals surface area contributed by atoms with E-state index >= 15 is 0 Å². The van der Waals surface area contributed by atoms with Crippen LogP contribution >= 0.6 is 0 Å². The minimum absolute atomic E-state index is 0.0216. The number of hydrogen-bond acceptors (Lipinski definition) is 9. The summed E-state index contributed by atoms with van der Waals surface area (Å²) in [5.74, 6) is -4.94. The molecular formula is C34H60N6O8. The molecule has 1 saturated heterocycles. The molecule has 7 atom stereocenters. The zero-order valence-corrected chi connectivity index (χ0v) is 29.7. The second-order valence-corrected chi connectivity index (χ2v) is 13.9. The molecule has 1 aliphatic heterocycles. The number of aliphatic hydroxyl groups is 1. The van der Waals surface area contributed by atoms with E-state index < -0.39 is 84.3 Å². The molecule has 1 unspecified atom stereocenters.